The molecule has 1 aliphatic rings. The van der Waals surface area contributed by atoms with Crippen molar-refractivity contribution in [1.29, 1.82) is 5.26 Å². The number of aliphatic hydroxyl groups excluding tert-OH is 1. The first-order valence-corrected chi connectivity index (χ1v) is 10.3. The topological polar surface area (TPSA) is 117 Å². The van der Waals surface area contributed by atoms with Crippen molar-refractivity contribution >= 4 is 17.4 Å². The lowest BCUT2D eigenvalue weighted by Gasteiger charge is -2.10. The molecule has 0 spiro atoms. The van der Waals surface area contributed by atoms with Crippen LogP contribution in [0.5, 0.6) is 0 Å². The van der Waals surface area contributed by atoms with E-state index in [2.05, 4.69) is 26.5 Å². The molecule has 0 saturated heterocycles. The quantitative estimate of drug-likeness (QED) is 0.513. The average Bonchev–Trinajstić information content (AvgIpc) is 3.54. The van der Waals surface area contributed by atoms with E-state index >= 15 is 0 Å². The largest absolute Gasteiger partial charge is 0.394 e. The number of aliphatic hydroxyl groups is 1. The van der Waals surface area contributed by atoms with Crippen molar-refractivity contribution in [3.05, 3.63) is 54.0 Å². The molecule has 0 bridgehead atoms. The van der Waals surface area contributed by atoms with Gasteiger partial charge in [-0.15, -0.1) is 0 Å². The molecular weight excluding hydrogens is 392 g/mol. The molecule has 0 amide bonds. The van der Waals surface area contributed by atoms with Gasteiger partial charge in [0.05, 0.1) is 42.7 Å². The van der Waals surface area contributed by atoms with Crippen LogP contribution in [0.2, 0.25) is 0 Å². The predicted octanol–water partition coefficient (Wildman–Crippen LogP) is 3.51. The van der Waals surface area contributed by atoms with E-state index in [1.165, 1.54) is 0 Å². The number of carbonyl (C=O) groups is 1. The molecule has 1 saturated carbocycles. The molecule has 2 N–H and O–H groups in total. The number of carbonyl (C=O) groups excluding carboxylic acids is 1. The van der Waals surface area contributed by atoms with Crippen molar-refractivity contribution in [2.45, 2.75) is 32.7 Å². The second kappa shape index (κ2) is 9.06. The highest BCUT2D eigenvalue weighted by atomic mass is 16.3. The number of anilines is 2. The second-order valence-corrected chi connectivity index (χ2v) is 7.84. The molecule has 158 valence electrons. The number of hydrogen-bond acceptors (Lipinski definition) is 7. The zero-order valence-electron chi connectivity index (χ0n) is 17.3. The molecule has 2 heterocycles. The molecule has 0 aliphatic heterocycles. The van der Waals surface area contributed by atoms with Crippen LogP contribution in [-0.4, -0.2) is 37.2 Å². The average molecular weight is 416 g/mol. The van der Waals surface area contributed by atoms with Crippen molar-refractivity contribution in [2.24, 2.45) is 11.8 Å². The van der Waals surface area contributed by atoms with Crippen LogP contribution in [-0.2, 0) is 6.54 Å². The fraction of sp³-hybridized carbons (Fsp3) is 0.348. The van der Waals surface area contributed by atoms with Crippen molar-refractivity contribution in [2.75, 3.05) is 11.9 Å². The van der Waals surface area contributed by atoms with Crippen molar-refractivity contribution in [3.63, 3.8) is 0 Å². The van der Waals surface area contributed by atoms with E-state index in [9.17, 15) is 10.1 Å². The van der Waals surface area contributed by atoms with Crippen molar-refractivity contribution in [1.82, 2.24) is 19.7 Å². The number of rotatable bonds is 9. The van der Waals surface area contributed by atoms with E-state index in [4.69, 9.17) is 5.11 Å². The Bertz CT molecular complexity index is 1110. The van der Waals surface area contributed by atoms with Crippen LogP contribution in [0, 0.1) is 30.1 Å². The fourth-order valence-corrected chi connectivity index (χ4v) is 3.52. The van der Waals surface area contributed by atoms with Crippen LogP contribution in [0.4, 0.5) is 11.6 Å². The highest BCUT2D eigenvalue weighted by molar-refractivity contribution is 5.96. The normalized spacial score (nSPS) is 14.1. The maximum Gasteiger partial charge on any atom is 0.227 e. The summed E-state index contributed by atoms with van der Waals surface area (Å²) in [6.07, 6.45) is 7.55. The van der Waals surface area contributed by atoms with Gasteiger partial charge in [-0.05, 0) is 31.2 Å². The molecule has 1 atom stereocenters. The van der Waals surface area contributed by atoms with Crippen LogP contribution in [0.25, 0.3) is 11.3 Å². The zero-order valence-corrected chi connectivity index (χ0v) is 17.3. The minimum atomic E-state index is -0.174. The number of nitrogens with zero attached hydrogens (tertiary/aromatic N) is 5. The first-order valence-electron chi connectivity index (χ1n) is 10.3. The maximum absolute atomic E-state index is 12.6. The van der Waals surface area contributed by atoms with Crippen LogP contribution >= 0.6 is 0 Å². The van der Waals surface area contributed by atoms with Gasteiger partial charge in [0.15, 0.2) is 5.78 Å². The Morgan fingerprint density at radius 2 is 2.10 bits per heavy atom. The van der Waals surface area contributed by atoms with Gasteiger partial charge in [0, 0.05) is 29.9 Å². The Kier molecular flexibility index (Phi) is 6.05. The predicted molar refractivity (Wildman–Crippen MR) is 116 cm³/mol. The molecule has 2 aromatic heterocycles. The lowest BCUT2D eigenvalue weighted by Crippen LogP contribution is -2.09. The van der Waals surface area contributed by atoms with E-state index < -0.39 is 0 Å². The first kappa shape index (κ1) is 20.7. The molecule has 1 aromatic carbocycles. The molecule has 8 heteroatoms. The molecular formula is C23H24N6O2. The summed E-state index contributed by atoms with van der Waals surface area (Å²) in [6.45, 7) is 2.37. The van der Waals surface area contributed by atoms with Gasteiger partial charge in [-0.2, -0.15) is 10.4 Å². The zero-order chi connectivity index (χ0) is 21.8. The minimum Gasteiger partial charge on any atom is -0.394 e. The van der Waals surface area contributed by atoms with Crippen LogP contribution in [0.3, 0.4) is 0 Å². The van der Waals surface area contributed by atoms with Crippen LogP contribution in [0.1, 0.15) is 35.2 Å². The number of nitrogens with one attached hydrogen (secondary N) is 1. The summed E-state index contributed by atoms with van der Waals surface area (Å²) < 4.78 is 1.63. The van der Waals surface area contributed by atoms with E-state index in [0.29, 0.717) is 24.0 Å². The van der Waals surface area contributed by atoms with Crippen molar-refractivity contribution < 1.29 is 9.90 Å². The Morgan fingerprint density at radius 3 is 2.77 bits per heavy atom. The van der Waals surface area contributed by atoms with Gasteiger partial charge >= 0.3 is 0 Å². The maximum atomic E-state index is 12.6. The van der Waals surface area contributed by atoms with Gasteiger partial charge in [-0.3, -0.25) is 9.48 Å². The number of nitriles is 1. The molecule has 0 radical (unpaired) electrons. The molecule has 31 heavy (non-hydrogen) atoms. The Labute approximate surface area is 180 Å². The SMILES string of the molecule is Cc1cnc(Nc2cnn(CCO)c2)nc1-c1ccc(C(=O)C[C@H](C#N)C2CC2)cc1. The lowest BCUT2D eigenvalue weighted by molar-refractivity contribution is 0.0966. The van der Waals surface area contributed by atoms with Gasteiger partial charge < -0.3 is 10.4 Å². The molecule has 1 fully saturated rings. The molecule has 0 unspecified atom stereocenters. The van der Waals surface area contributed by atoms with Gasteiger partial charge in [0.1, 0.15) is 0 Å². The molecule has 8 nitrogen and oxygen atoms in total. The molecule has 4 rings (SSSR count). The van der Waals surface area contributed by atoms with E-state index in [-0.39, 0.29) is 24.7 Å². The summed E-state index contributed by atoms with van der Waals surface area (Å²) in [5.74, 6) is 0.655. The van der Waals surface area contributed by atoms with Crippen LogP contribution < -0.4 is 5.32 Å². The summed E-state index contributed by atoms with van der Waals surface area (Å²) in [5.41, 5.74) is 3.92. The number of aryl methyl sites for hydroxylation is 1. The highest BCUT2D eigenvalue weighted by Crippen LogP contribution is 2.38. The first-order chi connectivity index (χ1) is 15.1. The third kappa shape index (κ3) is 4.95. The third-order valence-corrected chi connectivity index (χ3v) is 5.43. The third-order valence-electron chi connectivity index (χ3n) is 5.43. The molecule has 1 aliphatic carbocycles. The number of ketones is 1. The number of benzene rings is 1. The van der Waals surface area contributed by atoms with E-state index in [1.807, 2.05) is 19.1 Å². The van der Waals surface area contributed by atoms with Crippen molar-refractivity contribution in [3.8, 4) is 17.3 Å². The van der Waals surface area contributed by atoms with E-state index in [1.54, 1.807) is 35.4 Å². The summed E-state index contributed by atoms with van der Waals surface area (Å²) in [4.78, 5) is 21.5. The monoisotopic (exact) mass is 416 g/mol. The fourth-order valence-electron chi connectivity index (χ4n) is 3.52. The molecule has 3 aromatic rings. The summed E-state index contributed by atoms with van der Waals surface area (Å²) >= 11 is 0. The Hall–Kier alpha value is -3.57. The number of Topliss-reactive ketones (excluding diaryl/α,β-unsaturated/α-hetero) is 1. The van der Waals surface area contributed by atoms with Gasteiger partial charge in [0.2, 0.25) is 5.95 Å². The Morgan fingerprint density at radius 1 is 1.32 bits per heavy atom. The highest BCUT2D eigenvalue weighted by Gasteiger charge is 2.32. The number of aromatic nitrogens is 4. The standard InChI is InChI=1S/C23H24N6O2/c1-15-12-25-23(27-20-13-26-29(14-20)8-9-30)28-22(15)18-6-4-17(5-7-18)21(31)10-19(11-24)16-2-3-16/h4-7,12-14,16,19,30H,2-3,8-10H2,1H3,(H,25,27,28)/t19-/m1/s1. The lowest BCUT2D eigenvalue weighted by atomic mass is 9.94. The summed E-state index contributed by atoms with van der Waals surface area (Å²) in [6, 6.07) is 9.64. The smallest absolute Gasteiger partial charge is 0.227 e. The van der Waals surface area contributed by atoms with Crippen LogP contribution in [0.15, 0.2) is 42.9 Å². The minimum absolute atomic E-state index is 0.00616. The second-order valence-electron chi connectivity index (χ2n) is 7.84. The van der Waals surface area contributed by atoms with E-state index in [0.717, 1.165) is 35.3 Å². The summed E-state index contributed by atoms with van der Waals surface area (Å²) in [5, 5.41) is 25.6. The summed E-state index contributed by atoms with van der Waals surface area (Å²) in [7, 11) is 0. The van der Waals surface area contributed by atoms with Gasteiger partial charge in [-0.1, -0.05) is 24.3 Å². The van der Waals surface area contributed by atoms with Gasteiger partial charge in [-0.25, -0.2) is 9.97 Å². The number of hydrogen-bond donors (Lipinski definition) is 2. The Balaban J connectivity index is 1.48. The van der Waals surface area contributed by atoms with Gasteiger partial charge in [0.25, 0.3) is 0 Å².